The fourth-order valence-corrected chi connectivity index (χ4v) is 3.22. The van der Waals surface area contributed by atoms with E-state index in [1.807, 2.05) is 0 Å². The molecule has 0 aromatic carbocycles. The maximum Gasteiger partial charge on any atom is 0.0610 e. The van der Waals surface area contributed by atoms with Crippen molar-refractivity contribution in [2.45, 2.75) is 71.4 Å². The summed E-state index contributed by atoms with van der Waals surface area (Å²) >= 11 is 0. The fraction of sp³-hybridized carbons (Fsp3) is 1.00. The van der Waals surface area contributed by atoms with E-state index in [-0.39, 0.29) is 12.1 Å². The first-order valence-corrected chi connectivity index (χ1v) is 8.12. The summed E-state index contributed by atoms with van der Waals surface area (Å²) in [5, 5.41) is 12.9. The van der Waals surface area contributed by atoms with Crippen LogP contribution in [0.15, 0.2) is 0 Å². The fourth-order valence-electron chi connectivity index (χ4n) is 3.22. The highest BCUT2D eigenvalue weighted by Gasteiger charge is 2.25. The number of hydrogen-bond donors (Lipinski definition) is 2. The molecule has 19 heavy (non-hydrogen) atoms. The number of likely N-dealkylation sites (N-methyl/N-ethyl adjacent to an activating group) is 1. The number of hydrogen-bond acceptors (Lipinski definition) is 3. The molecule has 1 saturated heterocycles. The third-order valence-electron chi connectivity index (χ3n) is 4.88. The molecule has 0 radical (unpaired) electrons. The lowest BCUT2D eigenvalue weighted by atomic mass is 9.91. The number of rotatable bonds is 8. The second-order valence-corrected chi connectivity index (χ2v) is 6.60. The molecular formula is C16H34N2O. The predicted molar refractivity (Wildman–Crippen MR) is 82.5 cm³/mol. The molecule has 3 unspecified atom stereocenters. The summed E-state index contributed by atoms with van der Waals surface area (Å²) in [5.74, 6) is 0.846. The van der Waals surface area contributed by atoms with Gasteiger partial charge in [-0.25, -0.2) is 0 Å². The number of nitrogens with one attached hydrogen (secondary N) is 1. The SMILES string of the molecule is CCNC(C)(CO)CCCCN1CCCC(C)C1C. The molecule has 0 aromatic heterocycles. The van der Waals surface area contributed by atoms with Crippen molar-refractivity contribution in [1.29, 1.82) is 0 Å². The molecule has 1 fully saturated rings. The van der Waals surface area contributed by atoms with Gasteiger partial charge in [-0.15, -0.1) is 0 Å². The zero-order valence-corrected chi connectivity index (χ0v) is 13.4. The number of aliphatic hydroxyl groups excluding tert-OH is 1. The van der Waals surface area contributed by atoms with Crippen LogP contribution in [0.4, 0.5) is 0 Å². The Hall–Kier alpha value is -0.120. The molecule has 0 aromatic rings. The van der Waals surface area contributed by atoms with Gasteiger partial charge in [-0.1, -0.05) is 20.3 Å². The molecule has 0 aliphatic carbocycles. The van der Waals surface area contributed by atoms with E-state index in [1.54, 1.807) is 0 Å². The Morgan fingerprint density at radius 3 is 2.68 bits per heavy atom. The van der Waals surface area contributed by atoms with Crippen LogP contribution in [0.3, 0.4) is 0 Å². The summed E-state index contributed by atoms with van der Waals surface area (Å²) in [7, 11) is 0. The highest BCUT2D eigenvalue weighted by molar-refractivity contribution is 4.82. The van der Waals surface area contributed by atoms with Crippen LogP contribution in [0.1, 0.15) is 59.8 Å². The Balaban J connectivity index is 2.22. The average Bonchev–Trinajstić information content (AvgIpc) is 2.40. The molecule has 114 valence electrons. The van der Waals surface area contributed by atoms with Gasteiger partial charge < -0.3 is 15.3 Å². The number of unbranched alkanes of at least 4 members (excludes halogenated alkanes) is 1. The van der Waals surface area contributed by atoms with Gasteiger partial charge in [0.25, 0.3) is 0 Å². The molecule has 1 aliphatic rings. The normalized spacial score (nSPS) is 28.3. The lowest BCUT2D eigenvalue weighted by molar-refractivity contribution is 0.108. The lowest BCUT2D eigenvalue weighted by Crippen LogP contribution is -2.46. The van der Waals surface area contributed by atoms with Crippen LogP contribution < -0.4 is 5.32 Å². The lowest BCUT2D eigenvalue weighted by Gasteiger charge is -2.38. The molecule has 3 heteroatoms. The van der Waals surface area contributed by atoms with E-state index in [2.05, 4.69) is 37.9 Å². The summed E-state index contributed by atoms with van der Waals surface area (Å²) in [6, 6.07) is 0.742. The van der Waals surface area contributed by atoms with Gasteiger partial charge in [-0.3, -0.25) is 0 Å². The number of piperidine rings is 1. The zero-order valence-electron chi connectivity index (χ0n) is 13.4. The summed E-state index contributed by atoms with van der Waals surface area (Å²) in [5.41, 5.74) is -0.0877. The molecule has 1 heterocycles. The monoisotopic (exact) mass is 270 g/mol. The van der Waals surface area contributed by atoms with E-state index in [9.17, 15) is 5.11 Å². The molecule has 0 bridgehead atoms. The first kappa shape index (κ1) is 16.9. The minimum Gasteiger partial charge on any atom is -0.394 e. The van der Waals surface area contributed by atoms with Crippen LogP contribution in [0, 0.1) is 5.92 Å². The van der Waals surface area contributed by atoms with Gasteiger partial charge in [0.05, 0.1) is 6.61 Å². The molecule has 3 atom stereocenters. The predicted octanol–water partition coefficient (Wildman–Crippen LogP) is 2.64. The first-order chi connectivity index (χ1) is 9.02. The van der Waals surface area contributed by atoms with Gasteiger partial charge in [-0.05, 0) is 65.1 Å². The van der Waals surface area contributed by atoms with E-state index >= 15 is 0 Å². The molecule has 1 aliphatic heterocycles. The van der Waals surface area contributed by atoms with Gasteiger partial charge in [0.2, 0.25) is 0 Å². The van der Waals surface area contributed by atoms with Gasteiger partial charge in [0.1, 0.15) is 0 Å². The molecule has 0 spiro atoms. The Bertz CT molecular complexity index is 247. The Morgan fingerprint density at radius 1 is 1.32 bits per heavy atom. The van der Waals surface area contributed by atoms with Crippen LogP contribution in [-0.4, -0.2) is 47.8 Å². The smallest absolute Gasteiger partial charge is 0.0610 e. The largest absolute Gasteiger partial charge is 0.394 e. The third kappa shape index (κ3) is 5.41. The quantitative estimate of drug-likeness (QED) is 0.666. The van der Waals surface area contributed by atoms with Crippen LogP contribution in [0.25, 0.3) is 0 Å². The molecule has 0 amide bonds. The average molecular weight is 270 g/mol. The van der Waals surface area contributed by atoms with Crippen molar-refractivity contribution in [3.05, 3.63) is 0 Å². The zero-order chi connectivity index (χ0) is 14.3. The maximum atomic E-state index is 9.47. The standard InChI is InChI=1S/C16H34N2O/c1-5-17-16(4,13-19)10-6-7-11-18-12-8-9-14(2)15(18)3/h14-15,17,19H,5-13H2,1-4H3. The molecular weight excluding hydrogens is 236 g/mol. The molecule has 3 nitrogen and oxygen atoms in total. The van der Waals surface area contributed by atoms with Crippen molar-refractivity contribution in [2.75, 3.05) is 26.2 Å². The number of nitrogens with zero attached hydrogens (tertiary/aromatic N) is 1. The van der Waals surface area contributed by atoms with Crippen molar-refractivity contribution in [2.24, 2.45) is 5.92 Å². The second-order valence-electron chi connectivity index (χ2n) is 6.60. The van der Waals surface area contributed by atoms with E-state index in [4.69, 9.17) is 0 Å². The van der Waals surface area contributed by atoms with Crippen LogP contribution >= 0.6 is 0 Å². The number of likely N-dealkylation sites (tertiary alicyclic amines) is 1. The topological polar surface area (TPSA) is 35.5 Å². The summed E-state index contributed by atoms with van der Waals surface area (Å²) in [6.07, 6.45) is 6.26. The highest BCUT2D eigenvalue weighted by Crippen LogP contribution is 2.23. The first-order valence-electron chi connectivity index (χ1n) is 8.12. The van der Waals surface area contributed by atoms with Crippen LogP contribution in [0.5, 0.6) is 0 Å². The van der Waals surface area contributed by atoms with Crippen molar-refractivity contribution in [3.8, 4) is 0 Å². The summed E-state index contributed by atoms with van der Waals surface area (Å²) < 4.78 is 0. The van der Waals surface area contributed by atoms with Crippen LogP contribution in [-0.2, 0) is 0 Å². The van der Waals surface area contributed by atoms with Crippen molar-refractivity contribution in [1.82, 2.24) is 10.2 Å². The van der Waals surface area contributed by atoms with E-state index in [0.29, 0.717) is 0 Å². The van der Waals surface area contributed by atoms with E-state index in [0.717, 1.165) is 24.9 Å². The third-order valence-corrected chi connectivity index (χ3v) is 4.88. The van der Waals surface area contributed by atoms with Gasteiger partial charge in [0.15, 0.2) is 0 Å². The number of aliphatic hydroxyl groups is 1. The van der Waals surface area contributed by atoms with E-state index in [1.165, 1.54) is 38.8 Å². The maximum absolute atomic E-state index is 9.47. The molecule has 2 N–H and O–H groups in total. The van der Waals surface area contributed by atoms with Crippen LogP contribution in [0.2, 0.25) is 0 Å². The van der Waals surface area contributed by atoms with Crippen molar-refractivity contribution in [3.63, 3.8) is 0 Å². The van der Waals surface area contributed by atoms with Gasteiger partial charge in [-0.2, -0.15) is 0 Å². The second kappa shape index (κ2) is 8.23. The highest BCUT2D eigenvalue weighted by atomic mass is 16.3. The molecule has 1 rings (SSSR count). The van der Waals surface area contributed by atoms with Gasteiger partial charge in [0, 0.05) is 11.6 Å². The summed E-state index contributed by atoms with van der Waals surface area (Å²) in [4.78, 5) is 2.65. The van der Waals surface area contributed by atoms with Crippen molar-refractivity contribution >= 4 is 0 Å². The summed E-state index contributed by atoms with van der Waals surface area (Å²) in [6.45, 7) is 12.6. The van der Waals surface area contributed by atoms with Gasteiger partial charge >= 0.3 is 0 Å². The Labute approximate surface area is 119 Å². The Kier molecular flexibility index (Phi) is 7.33. The van der Waals surface area contributed by atoms with Crippen molar-refractivity contribution < 1.29 is 5.11 Å². The minimum atomic E-state index is -0.0877. The Morgan fingerprint density at radius 2 is 2.05 bits per heavy atom. The minimum absolute atomic E-state index is 0.0877. The van der Waals surface area contributed by atoms with E-state index < -0.39 is 0 Å². The molecule has 0 saturated carbocycles.